The van der Waals surface area contributed by atoms with Gasteiger partial charge in [0.25, 0.3) is 0 Å². The van der Waals surface area contributed by atoms with Crippen LogP contribution in [0.3, 0.4) is 0 Å². The highest BCUT2D eigenvalue weighted by Crippen LogP contribution is 2.41. The maximum atomic E-state index is 12.5. The molecule has 0 bridgehead atoms. The highest BCUT2D eigenvalue weighted by Gasteiger charge is 2.42. The second kappa shape index (κ2) is 8.21. The number of hydrogen-bond acceptors (Lipinski definition) is 5. The summed E-state index contributed by atoms with van der Waals surface area (Å²) in [6, 6.07) is 2.11. The van der Waals surface area contributed by atoms with Crippen LogP contribution in [0.4, 0.5) is 5.95 Å². The van der Waals surface area contributed by atoms with E-state index in [4.69, 9.17) is 9.72 Å². The van der Waals surface area contributed by atoms with Gasteiger partial charge in [-0.25, -0.2) is 9.97 Å². The quantitative estimate of drug-likeness (QED) is 0.777. The molecule has 1 atom stereocenters. The molecule has 6 nitrogen and oxygen atoms in total. The molecule has 3 saturated heterocycles. The lowest BCUT2D eigenvalue weighted by Gasteiger charge is -2.47. The largest absolute Gasteiger partial charge is 0.376 e. The Kier molecular flexibility index (Phi) is 5.46. The van der Waals surface area contributed by atoms with Crippen molar-refractivity contribution in [2.45, 2.75) is 76.2 Å². The van der Waals surface area contributed by atoms with E-state index in [-0.39, 0.29) is 11.5 Å². The smallest absolute Gasteiger partial charge is 0.225 e. The van der Waals surface area contributed by atoms with Crippen LogP contribution in [-0.2, 0) is 9.53 Å². The molecular weight excluding hydrogens is 364 g/mol. The molecular formula is C23H34N4O2. The molecule has 158 valence electrons. The minimum atomic E-state index is 0.251. The SMILES string of the molecule is O=C1CCC2(CCN(c3nccc(C4CCCC4)n3)CC2)CN1CC1CCCO1. The number of likely N-dealkylation sites (tertiary alicyclic amines) is 1. The van der Waals surface area contributed by atoms with E-state index in [9.17, 15) is 4.79 Å². The van der Waals surface area contributed by atoms with Gasteiger partial charge in [-0.3, -0.25) is 4.79 Å². The van der Waals surface area contributed by atoms with Crippen LogP contribution in [0.2, 0.25) is 0 Å². The van der Waals surface area contributed by atoms with Crippen molar-refractivity contribution in [3.63, 3.8) is 0 Å². The highest BCUT2D eigenvalue weighted by molar-refractivity contribution is 5.77. The molecule has 4 aliphatic rings. The molecule has 5 rings (SSSR count). The predicted octanol–water partition coefficient (Wildman–Crippen LogP) is 3.52. The molecule has 1 aromatic heterocycles. The third-order valence-electron chi connectivity index (χ3n) is 7.74. The third-order valence-corrected chi connectivity index (χ3v) is 7.74. The van der Waals surface area contributed by atoms with Crippen molar-refractivity contribution in [2.24, 2.45) is 5.41 Å². The maximum Gasteiger partial charge on any atom is 0.225 e. The number of ether oxygens (including phenoxy) is 1. The van der Waals surface area contributed by atoms with Crippen molar-refractivity contribution in [1.82, 2.24) is 14.9 Å². The number of amides is 1. The van der Waals surface area contributed by atoms with Crippen LogP contribution in [0.15, 0.2) is 12.3 Å². The Balaban J connectivity index is 1.21. The number of anilines is 1. The normalized spacial score (nSPS) is 27.9. The lowest BCUT2D eigenvalue weighted by Crippen LogP contribution is -2.53. The molecule has 1 aliphatic carbocycles. The number of carbonyl (C=O) groups excluding carboxylic acids is 1. The fourth-order valence-electron chi connectivity index (χ4n) is 5.86. The molecule has 1 spiro atoms. The zero-order chi connectivity index (χ0) is 19.7. The van der Waals surface area contributed by atoms with Crippen LogP contribution in [0.25, 0.3) is 0 Å². The zero-order valence-electron chi connectivity index (χ0n) is 17.5. The van der Waals surface area contributed by atoms with Crippen LogP contribution in [0.5, 0.6) is 0 Å². The monoisotopic (exact) mass is 398 g/mol. The first-order valence-electron chi connectivity index (χ1n) is 11.7. The first-order valence-corrected chi connectivity index (χ1v) is 11.7. The van der Waals surface area contributed by atoms with Crippen LogP contribution in [0, 0.1) is 5.41 Å². The van der Waals surface area contributed by atoms with E-state index in [2.05, 4.69) is 20.9 Å². The minimum absolute atomic E-state index is 0.251. The second-order valence-electron chi connectivity index (χ2n) is 9.66. The topological polar surface area (TPSA) is 58.6 Å². The standard InChI is InChI=1S/C23H34N4O2/c28-21-7-9-23(17-27(21)16-19-6-3-15-29-19)10-13-26(14-11-23)22-24-12-8-20(25-22)18-4-1-2-5-18/h8,12,18-19H,1-7,9-11,13-17H2. The molecule has 6 heteroatoms. The van der Waals surface area contributed by atoms with Gasteiger partial charge >= 0.3 is 0 Å². The summed E-state index contributed by atoms with van der Waals surface area (Å²) in [6.45, 7) is 4.54. The number of nitrogens with zero attached hydrogens (tertiary/aromatic N) is 4. The molecule has 3 aliphatic heterocycles. The van der Waals surface area contributed by atoms with Gasteiger partial charge in [0.1, 0.15) is 0 Å². The zero-order valence-corrected chi connectivity index (χ0v) is 17.5. The van der Waals surface area contributed by atoms with Crippen molar-refractivity contribution >= 4 is 11.9 Å². The van der Waals surface area contributed by atoms with Gasteiger partial charge in [0, 0.05) is 57.0 Å². The summed E-state index contributed by atoms with van der Waals surface area (Å²) >= 11 is 0. The van der Waals surface area contributed by atoms with Gasteiger partial charge in [-0.2, -0.15) is 0 Å². The summed E-state index contributed by atoms with van der Waals surface area (Å²) in [5, 5.41) is 0. The number of hydrogen-bond donors (Lipinski definition) is 0. The van der Waals surface area contributed by atoms with E-state index in [1.807, 2.05) is 6.20 Å². The summed E-state index contributed by atoms with van der Waals surface area (Å²) in [7, 11) is 0. The van der Waals surface area contributed by atoms with Crippen LogP contribution < -0.4 is 4.90 Å². The Hall–Kier alpha value is -1.69. The number of carbonyl (C=O) groups is 1. The van der Waals surface area contributed by atoms with Gasteiger partial charge < -0.3 is 14.5 Å². The molecule has 1 saturated carbocycles. The van der Waals surface area contributed by atoms with Gasteiger partial charge in [-0.05, 0) is 56.4 Å². The molecule has 1 aromatic rings. The van der Waals surface area contributed by atoms with Crippen molar-refractivity contribution < 1.29 is 9.53 Å². The third kappa shape index (κ3) is 4.14. The fraction of sp³-hybridized carbons (Fsp3) is 0.783. The summed E-state index contributed by atoms with van der Waals surface area (Å²) in [5.41, 5.74) is 1.50. The molecule has 0 radical (unpaired) electrons. The molecule has 1 unspecified atom stereocenters. The van der Waals surface area contributed by atoms with Gasteiger partial charge in [-0.15, -0.1) is 0 Å². The Bertz CT molecular complexity index is 719. The van der Waals surface area contributed by atoms with E-state index in [0.29, 0.717) is 18.2 Å². The minimum Gasteiger partial charge on any atom is -0.376 e. The molecule has 0 aromatic carbocycles. The Labute approximate surface area is 174 Å². The van der Waals surface area contributed by atoms with E-state index in [0.717, 1.165) is 70.8 Å². The van der Waals surface area contributed by atoms with Gasteiger partial charge in [-0.1, -0.05) is 12.8 Å². The average Bonchev–Trinajstić information content (AvgIpc) is 3.46. The van der Waals surface area contributed by atoms with E-state index < -0.39 is 0 Å². The summed E-state index contributed by atoms with van der Waals surface area (Å²) in [5.74, 6) is 1.86. The molecule has 4 heterocycles. The molecule has 29 heavy (non-hydrogen) atoms. The van der Waals surface area contributed by atoms with Crippen LogP contribution in [0.1, 0.15) is 75.8 Å². The number of piperidine rings is 2. The first kappa shape index (κ1) is 19.3. The van der Waals surface area contributed by atoms with Crippen LogP contribution in [-0.4, -0.2) is 59.7 Å². The van der Waals surface area contributed by atoms with Crippen molar-refractivity contribution in [3.05, 3.63) is 18.0 Å². The van der Waals surface area contributed by atoms with Gasteiger partial charge in [0.05, 0.1) is 6.10 Å². The van der Waals surface area contributed by atoms with Crippen molar-refractivity contribution in [1.29, 1.82) is 0 Å². The Morgan fingerprint density at radius 2 is 1.93 bits per heavy atom. The predicted molar refractivity (Wildman–Crippen MR) is 112 cm³/mol. The average molecular weight is 399 g/mol. The fourth-order valence-corrected chi connectivity index (χ4v) is 5.86. The molecule has 0 N–H and O–H groups in total. The number of aromatic nitrogens is 2. The van der Waals surface area contributed by atoms with E-state index >= 15 is 0 Å². The second-order valence-corrected chi connectivity index (χ2v) is 9.66. The number of rotatable bonds is 4. The first-order chi connectivity index (χ1) is 14.2. The van der Waals surface area contributed by atoms with E-state index in [1.165, 1.54) is 31.4 Å². The van der Waals surface area contributed by atoms with Gasteiger partial charge in [0.15, 0.2) is 0 Å². The maximum absolute atomic E-state index is 12.5. The summed E-state index contributed by atoms with van der Waals surface area (Å²) < 4.78 is 5.79. The van der Waals surface area contributed by atoms with Gasteiger partial charge in [0.2, 0.25) is 11.9 Å². The van der Waals surface area contributed by atoms with E-state index in [1.54, 1.807) is 0 Å². The Morgan fingerprint density at radius 1 is 1.10 bits per heavy atom. The lowest BCUT2D eigenvalue weighted by atomic mass is 9.72. The highest BCUT2D eigenvalue weighted by atomic mass is 16.5. The van der Waals surface area contributed by atoms with Crippen molar-refractivity contribution in [2.75, 3.05) is 37.7 Å². The molecule has 4 fully saturated rings. The Morgan fingerprint density at radius 3 is 2.69 bits per heavy atom. The molecule has 1 amide bonds. The summed E-state index contributed by atoms with van der Waals surface area (Å²) in [6.07, 6.45) is 13.6. The lowest BCUT2D eigenvalue weighted by molar-refractivity contribution is -0.140. The summed E-state index contributed by atoms with van der Waals surface area (Å²) in [4.78, 5) is 26.5. The van der Waals surface area contributed by atoms with Crippen LogP contribution >= 0.6 is 0 Å². The van der Waals surface area contributed by atoms with Crippen molar-refractivity contribution in [3.8, 4) is 0 Å².